The molecule has 5 heteroatoms. The molecule has 1 aromatic rings. The first-order chi connectivity index (χ1) is 10.6. The van der Waals surface area contributed by atoms with E-state index in [0.29, 0.717) is 13.2 Å². The van der Waals surface area contributed by atoms with Crippen molar-refractivity contribution in [2.24, 2.45) is 0 Å². The minimum atomic E-state index is 0.0271. The van der Waals surface area contributed by atoms with Crippen molar-refractivity contribution in [3.8, 4) is 11.5 Å². The van der Waals surface area contributed by atoms with Crippen molar-refractivity contribution < 1.29 is 19.2 Å². The van der Waals surface area contributed by atoms with Gasteiger partial charge in [0.25, 0.3) is 0 Å². The summed E-state index contributed by atoms with van der Waals surface area (Å²) in [5.41, 5.74) is 1.00. The zero-order valence-electron chi connectivity index (χ0n) is 14.1. The summed E-state index contributed by atoms with van der Waals surface area (Å²) in [4.78, 5) is 12.0. The molecule has 0 N–H and O–H groups in total. The Morgan fingerprint density at radius 3 is 2.45 bits per heavy atom. The van der Waals surface area contributed by atoms with Crippen molar-refractivity contribution in [1.82, 2.24) is 4.90 Å². The quantitative estimate of drug-likeness (QED) is 0.545. The highest BCUT2D eigenvalue weighted by Gasteiger charge is 2.30. The minimum absolute atomic E-state index is 0.0271. The molecule has 0 aromatic heterocycles. The predicted molar refractivity (Wildman–Crippen MR) is 85.2 cm³/mol. The van der Waals surface area contributed by atoms with Gasteiger partial charge in [0.05, 0.1) is 14.2 Å². The van der Waals surface area contributed by atoms with Gasteiger partial charge in [-0.2, -0.15) is 0 Å². The van der Waals surface area contributed by atoms with E-state index in [2.05, 4.69) is 23.6 Å². The molecule has 0 saturated carbocycles. The summed E-state index contributed by atoms with van der Waals surface area (Å²) in [6.45, 7) is 7.78. The Balaban J connectivity index is 1.99. The van der Waals surface area contributed by atoms with E-state index in [-0.39, 0.29) is 5.54 Å². The van der Waals surface area contributed by atoms with Gasteiger partial charge in [0.15, 0.2) is 11.5 Å². The highest BCUT2D eigenvalue weighted by Crippen LogP contribution is 2.30. The van der Waals surface area contributed by atoms with Crippen LogP contribution in [0.25, 0.3) is 0 Å². The number of rotatable bonds is 8. The second-order valence-electron chi connectivity index (χ2n) is 6.21. The first-order valence-electron chi connectivity index (χ1n) is 7.77. The van der Waals surface area contributed by atoms with Gasteiger partial charge in [0.1, 0.15) is 13.2 Å². The lowest BCUT2D eigenvalue weighted by Crippen LogP contribution is -2.46. The molecule has 0 unspecified atom stereocenters. The van der Waals surface area contributed by atoms with Gasteiger partial charge >= 0.3 is 0 Å². The fourth-order valence-electron chi connectivity index (χ4n) is 2.72. The molecule has 5 nitrogen and oxygen atoms in total. The molecule has 0 atom stereocenters. The summed E-state index contributed by atoms with van der Waals surface area (Å²) in [7, 11) is 3.14. The van der Waals surface area contributed by atoms with Crippen molar-refractivity contribution in [1.29, 1.82) is 0 Å². The second-order valence-corrected chi connectivity index (χ2v) is 6.21. The number of ether oxygens (including phenoxy) is 2. The Morgan fingerprint density at radius 1 is 1.09 bits per heavy atom. The summed E-state index contributed by atoms with van der Waals surface area (Å²) in [6, 6.07) is 5.80. The predicted octanol–water partition coefficient (Wildman–Crippen LogP) is 3.03. The van der Waals surface area contributed by atoms with E-state index >= 15 is 0 Å². The highest BCUT2D eigenvalue weighted by atomic mass is 17.2. The van der Waals surface area contributed by atoms with Gasteiger partial charge in [0.2, 0.25) is 0 Å². The van der Waals surface area contributed by atoms with Crippen LogP contribution in [0.3, 0.4) is 0 Å². The van der Waals surface area contributed by atoms with E-state index in [1.54, 1.807) is 7.11 Å². The van der Waals surface area contributed by atoms with E-state index in [0.717, 1.165) is 30.2 Å². The van der Waals surface area contributed by atoms with Crippen LogP contribution in [-0.4, -0.2) is 44.4 Å². The Labute approximate surface area is 133 Å². The fraction of sp³-hybridized carbons (Fsp3) is 0.647. The van der Waals surface area contributed by atoms with Gasteiger partial charge in [-0.05, 0) is 57.5 Å². The third-order valence-corrected chi connectivity index (χ3v) is 4.11. The Hall–Kier alpha value is -1.30. The number of hydrogen-bond donors (Lipinski definition) is 0. The van der Waals surface area contributed by atoms with Crippen LogP contribution in [0.1, 0.15) is 32.3 Å². The summed E-state index contributed by atoms with van der Waals surface area (Å²) in [6.07, 6.45) is 2.56. The van der Waals surface area contributed by atoms with Crippen molar-refractivity contribution in [3.63, 3.8) is 0 Å². The molecule has 22 heavy (non-hydrogen) atoms. The van der Waals surface area contributed by atoms with Crippen molar-refractivity contribution >= 4 is 0 Å². The highest BCUT2D eigenvalue weighted by molar-refractivity contribution is 5.42. The zero-order chi connectivity index (χ0) is 16.0. The molecule has 0 amide bonds. The topological polar surface area (TPSA) is 40.2 Å². The summed E-state index contributed by atoms with van der Waals surface area (Å²) >= 11 is 0. The van der Waals surface area contributed by atoms with Gasteiger partial charge in [-0.15, -0.1) is 0 Å². The minimum Gasteiger partial charge on any atom is -0.493 e. The molecule has 0 radical (unpaired) electrons. The monoisotopic (exact) mass is 309 g/mol. The maximum Gasteiger partial charge on any atom is 0.161 e. The largest absolute Gasteiger partial charge is 0.493 e. The molecule has 0 bridgehead atoms. The van der Waals surface area contributed by atoms with E-state index in [1.807, 2.05) is 18.2 Å². The van der Waals surface area contributed by atoms with E-state index in [1.165, 1.54) is 20.0 Å². The van der Waals surface area contributed by atoms with Crippen molar-refractivity contribution in [2.75, 3.05) is 33.9 Å². The summed E-state index contributed by atoms with van der Waals surface area (Å²) in [5, 5.41) is 0. The van der Waals surface area contributed by atoms with Crippen LogP contribution in [0.15, 0.2) is 18.2 Å². The molecule has 1 aliphatic heterocycles. The van der Waals surface area contributed by atoms with Crippen LogP contribution in [0.5, 0.6) is 11.5 Å². The van der Waals surface area contributed by atoms with Crippen LogP contribution in [0.4, 0.5) is 0 Å². The number of hydrogen-bond acceptors (Lipinski definition) is 5. The van der Waals surface area contributed by atoms with Gasteiger partial charge in [-0.1, -0.05) is 6.07 Å². The molecule has 2 rings (SSSR count). The van der Waals surface area contributed by atoms with Crippen LogP contribution < -0.4 is 9.47 Å². The molecule has 1 fully saturated rings. The zero-order valence-corrected chi connectivity index (χ0v) is 14.1. The van der Waals surface area contributed by atoms with Gasteiger partial charge < -0.3 is 9.47 Å². The van der Waals surface area contributed by atoms with Crippen molar-refractivity contribution in [2.45, 2.75) is 38.8 Å². The average molecular weight is 309 g/mol. The van der Waals surface area contributed by atoms with E-state index < -0.39 is 0 Å². The molecular weight excluding hydrogens is 282 g/mol. The van der Waals surface area contributed by atoms with Crippen molar-refractivity contribution in [3.05, 3.63) is 23.8 Å². The molecule has 124 valence electrons. The lowest BCUT2D eigenvalue weighted by atomic mass is 10.1. The Bertz CT molecular complexity index is 470. The molecule has 1 heterocycles. The Kier molecular flexibility index (Phi) is 6.06. The number of methoxy groups -OCH3 is 1. The third kappa shape index (κ3) is 4.35. The molecule has 1 aromatic carbocycles. The average Bonchev–Trinajstić information content (AvgIpc) is 3.06. The standard InChI is InChI=1S/C17H27NO4/c1-17(2,18-9-5-6-10-18)13-21-15-8-7-14(12-22-20-4)11-16(15)19-3/h7-8,11H,5-6,9-10,12-13H2,1-4H3. The van der Waals surface area contributed by atoms with Crippen LogP contribution in [0, 0.1) is 0 Å². The van der Waals surface area contributed by atoms with Crippen LogP contribution >= 0.6 is 0 Å². The summed E-state index contributed by atoms with van der Waals surface area (Å²) in [5.74, 6) is 1.48. The first-order valence-corrected chi connectivity index (χ1v) is 7.77. The van der Waals surface area contributed by atoms with E-state index in [9.17, 15) is 0 Å². The molecule has 1 saturated heterocycles. The molecule has 1 aliphatic rings. The number of nitrogens with zero attached hydrogens (tertiary/aromatic N) is 1. The van der Waals surface area contributed by atoms with E-state index in [4.69, 9.17) is 14.4 Å². The third-order valence-electron chi connectivity index (χ3n) is 4.11. The maximum atomic E-state index is 6.03. The Morgan fingerprint density at radius 2 is 1.82 bits per heavy atom. The van der Waals surface area contributed by atoms with Gasteiger partial charge in [-0.25, -0.2) is 9.78 Å². The summed E-state index contributed by atoms with van der Waals surface area (Å²) < 4.78 is 11.4. The lowest BCUT2D eigenvalue weighted by molar-refractivity contribution is -0.282. The molecular formula is C17H27NO4. The molecule has 0 spiro atoms. The normalized spacial score (nSPS) is 16.0. The fourth-order valence-corrected chi connectivity index (χ4v) is 2.72. The number of benzene rings is 1. The van der Waals surface area contributed by atoms with Gasteiger partial charge in [0, 0.05) is 5.54 Å². The second kappa shape index (κ2) is 7.81. The lowest BCUT2D eigenvalue weighted by Gasteiger charge is -2.35. The first kappa shape index (κ1) is 17.1. The van der Waals surface area contributed by atoms with Crippen LogP contribution in [-0.2, 0) is 16.4 Å². The SMILES string of the molecule is COOCc1ccc(OCC(C)(C)N2CCCC2)c(OC)c1. The smallest absolute Gasteiger partial charge is 0.161 e. The van der Waals surface area contributed by atoms with Crippen LogP contribution in [0.2, 0.25) is 0 Å². The molecule has 0 aliphatic carbocycles. The van der Waals surface area contributed by atoms with Gasteiger partial charge in [-0.3, -0.25) is 4.90 Å². The maximum absolute atomic E-state index is 6.03. The number of likely N-dealkylation sites (tertiary alicyclic amines) is 1.